The summed E-state index contributed by atoms with van der Waals surface area (Å²) < 4.78 is 5.52. The van der Waals surface area contributed by atoms with Crippen LogP contribution in [0.25, 0.3) is 0 Å². The molecule has 0 amide bonds. The van der Waals surface area contributed by atoms with Crippen molar-refractivity contribution in [2.75, 3.05) is 6.61 Å². The minimum atomic E-state index is -1.07. The number of aromatic carboxylic acids is 1. The number of rotatable bonds is 5. The first kappa shape index (κ1) is 19.2. The molecule has 0 aromatic heterocycles. The number of carbonyl (C=O) groups is 2. The Balaban J connectivity index is 1.84. The van der Waals surface area contributed by atoms with Gasteiger partial charge in [0.1, 0.15) is 11.3 Å². The van der Waals surface area contributed by atoms with Gasteiger partial charge in [-0.15, -0.1) is 0 Å². The summed E-state index contributed by atoms with van der Waals surface area (Å²) in [5.41, 5.74) is 3.30. The smallest absolute Gasteiger partial charge is 0.339 e. The first-order chi connectivity index (χ1) is 12.6. The van der Waals surface area contributed by atoms with Crippen molar-refractivity contribution in [1.82, 2.24) is 0 Å². The lowest BCUT2D eigenvalue weighted by Gasteiger charge is -2.42. The molecule has 0 heterocycles. The first-order valence-electron chi connectivity index (χ1n) is 9.25. The van der Waals surface area contributed by atoms with Gasteiger partial charge in [-0.1, -0.05) is 52.0 Å². The van der Waals surface area contributed by atoms with Gasteiger partial charge in [0.2, 0.25) is 0 Å². The minimum absolute atomic E-state index is 0.0257. The molecule has 27 heavy (non-hydrogen) atoms. The number of benzene rings is 2. The van der Waals surface area contributed by atoms with Gasteiger partial charge in [-0.25, -0.2) is 4.79 Å². The van der Waals surface area contributed by atoms with Crippen LogP contribution in [0.4, 0.5) is 0 Å². The van der Waals surface area contributed by atoms with Crippen molar-refractivity contribution in [3.8, 4) is 5.75 Å². The van der Waals surface area contributed by atoms with Gasteiger partial charge in [0, 0.05) is 5.56 Å². The lowest BCUT2D eigenvalue weighted by Crippen LogP contribution is -2.34. The molecule has 0 saturated heterocycles. The highest BCUT2D eigenvalue weighted by molar-refractivity contribution is 5.98. The van der Waals surface area contributed by atoms with Crippen LogP contribution in [0.2, 0.25) is 0 Å². The summed E-state index contributed by atoms with van der Waals surface area (Å²) in [6.45, 7) is 8.74. The van der Waals surface area contributed by atoms with Crippen LogP contribution >= 0.6 is 0 Å². The molecule has 2 aromatic rings. The number of hydrogen-bond donors (Lipinski definition) is 1. The van der Waals surface area contributed by atoms with Crippen molar-refractivity contribution in [3.05, 3.63) is 64.7 Å². The third kappa shape index (κ3) is 3.75. The third-order valence-corrected chi connectivity index (χ3v) is 5.65. The van der Waals surface area contributed by atoms with Gasteiger partial charge in [0.05, 0.1) is 0 Å². The largest absolute Gasteiger partial charge is 0.485 e. The topological polar surface area (TPSA) is 63.6 Å². The van der Waals surface area contributed by atoms with Gasteiger partial charge in [0.15, 0.2) is 12.4 Å². The second-order valence-electron chi connectivity index (χ2n) is 8.54. The summed E-state index contributed by atoms with van der Waals surface area (Å²) in [4.78, 5) is 23.9. The van der Waals surface area contributed by atoms with Crippen LogP contribution in [0.3, 0.4) is 0 Å². The van der Waals surface area contributed by atoms with Crippen LogP contribution in [0.1, 0.15) is 72.4 Å². The van der Waals surface area contributed by atoms with Gasteiger partial charge in [-0.3, -0.25) is 4.79 Å². The van der Waals surface area contributed by atoms with Crippen LogP contribution in [0.15, 0.2) is 42.5 Å². The fourth-order valence-electron chi connectivity index (χ4n) is 3.76. The normalized spacial score (nSPS) is 17.0. The van der Waals surface area contributed by atoms with Crippen LogP contribution in [0, 0.1) is 0 Å². The first-order valence-corrected chi connectivity index (χ1v) is 9.25. The number of Topliss-reactive ketones (excluding diaryl/α,β-unsaturated/α-hetero) is 1. The second-order valence-corrected chi connectivity index (χ2v) is 8.54. The van der Waals surface area contributed by atoms with E-state index in [2.05, 4.69) is 33.8 Å². The molecule has 0 saturated carbocycles. The maximum Gasteiger partial charge on any atom is 0.339 e. The summed E-state index contributed by atoms with van der Waals surface area (Å²) in [5.74, 6) is -1.02. The average Bonchev–Trinajstić information content (AvgIpc) is 2.63. The predicted octanol–water partition coefficient (Wildman–Crippen LogP) is 5.00. The Bertz CT molecular complexity index is 893. The van der Waals surface area contributed by atoms with Gasteiger partial charge in [-0.2, -0.15) is 0 Å². The Kier molecular flexibility index (Phi) is 4.85. The van der Waals surface area contributed by atoms with E-state index in [1.54, 1.807) is 18.2 Å². The lowest BCUT2D eigenvalue weighted by molar-refractivity contribution is 0.0689. The van der Waals surface area contributed by atoms with Crippen LogP contribution in [-0.2, 0) is 10.8 Å². The monoisotopic (exact) mass is 366 g/mol. The number of carbonyl (C=O) groups excluding carboxylic acids is 1. The van der Waals surface area contributed by atoms with E-state index in [0.29, 0.717) is 5.56 Å². The molecule has 4 heteroatoms. The van der Waals surface area contributed by atoms with E-state index in [4.69, 9.17) is 4.74 Å². The summed E-state index contributed by atoms with van der Waals surface area (Å²) in [7, 11) is 0. The molecular formula is C23H26O4. The van der Waals surface area contributed by atoms with Crippen molar-refractivity contribution in [2.45, 2.75) is 51.4 Å². The minimum Gasteiger partial charge on any atom is -0.485 e. The van der Waals surface area contributed by atoms with E-state index in [9.17, 15) is 14.7 Å². The summed E-state index contributed by atoms with van der Waals surface area (Å²) in [5, 5.41) is 9.22. The van der Waals surface area contributed by atoms with E-state index in [1.807, 2.05) is 12.1 Å². The molecule has 0 fully saturated rings. The number of carboxylic acids is 1. The van der Waals surface area contributed by atoms with Crippen molar-refractivity contribution in [2.24, 2.45) is 0 Å². The summed E-state index contributed by atoms with van der Waals surface area (Å²) in [6.07, 6.45) is 2.20. The zero-order valence-electron chi connectivity index (χ0n) is 16.3. The molecule has 0 unspecified atom stereocenters. The molecule has 142 valence electrons. The van der Waals surface area contributed by atoms with Gasteiger partial charge in [-0.05, 0) is 53.0 Å². The van der Waals surface area contributed by atoms with E-state index < -0.39 is 5.97 Å². The molecule has 0 spiro atoms. The van der Waals surface area contributed by atoms with E-state index >= 15 is 0 Å². The summed E-state index contributed by atoms with van der Waals surface area (Å²) in [6, 6.07) is 12.3. The quantitative estimate of drug-likeness (QED) is 0.757. The Morgan fingerprint density at radius 1 is 0.963 bits per heavy atom. The molecular weight excluding hydrogens is 340 g/mol. The number of fused-ring (bicyclic) bond motifs is 1. The maximum atomic E-state index is 12.7. The van der Waals surface area contributed by atoms with E-state index in [0.717, 1.165) is 12.8 Å². The molecule has 0 radical (unpaired) electrons. The number of ketones is 1. The molecule has 1 aliphatic rings. The standard InChI is InChI=1S/C23H26O4/c1-22(2)11-12-23(3,4)18-13-15(9-10-17(18)22)19(24)14-27-20-8-6-5-7-16(20)21(25)26/h5-10,13H,11-12,14H2,1-4H3,(H,25,26). The SMILES string of the molecule is CC1(C)CCC(C)(C)c2cc(C(=O)COc3ccccc3C(=O)O)ccc21. The van der Waals surface area contributed by atoms with Crippen LogP contribution < -0.4 is 4.74 Å². The third-order valence-electron chi connectivity index (χ3n) is 5.65. The van der Waals surface area contributed by atoms with Crippen molar-refractivity contribution >= 4 is 11.8 Å². The Hall–Kier alpha value is -2.62. The highest BCUT2D eigenvalue weighted by Crippen LogP contribution is 2.45. The van der Waals surface area contributed by atoms with E-state index in [-0.39, 0.29) is 34.5 Å². The number of para-hydroxylation sites is 1. The second kappa shape index (κ2) is 6.84. The Morgan fingerprint density at radius 3 is 2.26 bits per heavy atom. The number of carboxylic acid groups (broad SMARTS) is 1. The fourth-order valence-corrected chi connectivity index (χ4v) is 3.76. The maximum absolute atomic E-state index is 12.7. The lowest BCUT2D eigenvalue weighted by atomic mass is 9.63. The summed E-state index contributed by atoms with van der Waals surface area (Å²) >= 11 is 0. The molecule has 2 aromatic carbocycles. The number of hydrogen-bond acceptors (Lipinski definition) is 3. The molecule has 4 nitrogen and oxygen atoms in total. The average molecular weight is 366 g/mol. The molecule has 0 aliphatic heterocycles. The van der Waals surface area contributed by atoms with Gasteiger partial charge >= 0.3 is 5.97 Å². The van der Waals surface area contributed by atoms with Crippen molar-refractivity contribution in [1.29, 1.82) is 0 Å². The zero-order valence-corrected chi connectivity index (χ0v) is 16.3. The Labute approximate surface area is 160 Å². The molecule has 1 N–H and O–H groups in total. The van der Waals surface area contributed by atoms with Gasteiger partial charge < -0.3 is 9.84 Å². The fraction of sp³-hybridized carbons (Fsp3) is 0.391. The predicted molar refractivity (Wildman–Crippen MR) is 105 cm³/mol. The van der Waals surface area contributed by atoms with Crippen LogP contribution in [-0.4, -0.2) is 23.5 Å². The van der Waals surface area contributed by atoms with Crippen LogP contribution in [0.5, 0.6) is 5.75 Å². The van der Waals surface area contributed by atoms with Crippen molar-refractivity contribution in [3.63, 3.8) is 0 Å². The van der Waals surface area contributed by atoms with Gasteiger partial charge in [0.25, 0.3) is 0 Å². The van der Waals surface area contributed by atoms with E-state index in [1.165, 1.54) is 17.2 Å². The molecule has 3 rings (SSSR count). The molecule has 0 atom stereocenters. The molecule has 1 aliphatic carbocycles. The molecule has 0 bridgehead atoms. The number of ether oxygens (including phenoxy) is 1. The highest BCUT2D eigenvalue weighted by Gasteiger charge is 2.37. The Morgan fingerprint density at radius 2 is 1.59 bits per heavy atom. The zero-order chi connectivity index (χ0) is 19.8. The highest BCUT2D eigenvalue weighted by atomic mass is 16.5. The van der Waals surface area contributed by atoms with Crippen molar-refractivity contribution < 1.29 is 19.4 Å².